The molecule has 1 aromatic rings. The number of rotatable bonds is 12. The van der Waals surface area contributed by atoms with Crippen molar-refractivity contribution < 1.29 is 0 Å². The van der Waals surface area contributed by atoms with E-state index < -0.39 is 0 Å². The normalized spacial score (nSPS) is 11.3. The van der Waals surface area contributed by atoms with Gasteiger partial charge < -0.3 is 5.73 Å². The highest BCUT2D eigenvalue weighted by Crippen LogP contribution is 2.23. The number of unbranched alkanes of at least 4 members (excludes halogenated alkanes) is 9. The van der Waals surface area contributed by atoms with Gasteiger partial charge in [-0.2, -0.15) is 0 Å². The minimum atomic E-state index is -0.227. The third-order valence-electron chi connectivity index (χ3n) is 4.51. The van der Waals surface area contributed by atoms with Gasteiger partial charge in [-0.15, -0.1) is 24.0 Å². The van der Waals surface area contributed by atoms with Gasteiger partial charge in [0, 0.05) is 5.54 Å². The van der Waals surface area contributed by atoms with E-state index in [1.807, 2.05) is 0 Å². The van der Waals surface area contributed by atoms with Crippen LogP contribution in [0.2, 0.25) is 0 Å². The zero-order valence-corrected chi connectivity index (χ0v) is 17.9. The summed E-state index contributed by atoms with van der Waals surface area (Å²) in [6, 6.07) is 8.68. The van der Waals surface area contributed by atoms with Gasteiger partial charge in [-0.3, -0.25) is 0 Å². The molecule has 0 fully saturated rings. The molecule has 2 heteroatoms. The Morgan fingerprint density at radius 2 is 1.26 bits per heavy atom. The fourth-order valence-electron chi connectivity index (χ4n) is 3.17. The Bertz CT molecular complexity index is 395. The highest BCUT2D eigenvalue weighted by atomic mass is 127. The summed E-state index contributed by atoms with van der Waals surface area (Å²) >= 11 is 0. The predicted molar refractivity (Wildman–Crippen MR) is 115 cm³/mol. The minimum absolute atomic E-state index is 0. The molecule has 0 radical (unpaired) electrons. The SMILES string of the molecule is CCCCCCCCCCCCc1ccccc1C(C)(C)N.I. The van der Waals surface area contributed by atoms with E-state index in [0.717, 1.165) is 0 Å². The van der Waals surface area contributed by atoms with Crippen LogP contribution in [0, 0.1) is 0 Å². The third kappa shape index (κ3) is 10.4. The second kappa shape index (κ2) is 13.2. The molecule has 0 aliphatic rings. The molecule has 23 heavy (non-hydrogen) atoms. The Labute approximate surface area is 161 Å². The molecule has 0 aliphatic carbocycles. The number of hydrogen-bond acceptors (Lipinski definition) is 1. The Balaban J connectivity index is 0.00000484. The summed E-state index contributed by atoms with van der Waals surface area (Å²) in [4.78, 5) is 0. The average molecular weight is 431 g/mol. The van der Waals surface area contributed by atoms with Crippen molar-refractivity contribution >= 4 is 24.0 Å². The lowest BCUT2D eigenvalue weighted by molar-refractivity contribution is 0.538. The van der Waals surface area contributed by atoms with Gasteiger partial charge in [0.05, 0.1) is 0 Å². The van der Waals surface area contributed by atoms with E-state index in [1.165, 1.54) is 81.8 Å². The van der Waals surface area contributed by atoms with Gasteiger partial charge in [0.15, 0.2) is 0 Å². The van der Waals surface area contributed by atoms with Crippen molar-refractivity contribution in [1.29, 1.82) is 0 Å². The molecule has 0 saturated carbocycles. The number of benzene rings is 1. The Hall–Kier alpha value is -0.0900. The zero-order valence-electron chi connectivity index (χ0n) is 15.6. The molecule has 0 aliphatic heterocycles. The van der Waals surface area contributed by atoms with Crippen LogP contribution in [-0.4, -0.2) is 0 Å². The number of nitrogens with two attached hydrogens (primary N) is 1. The fourth-order valence-corrected chi connectivity index (χ4v) is 3.17. The van der Waals surface area contributed by atoms with E-state index in [4.69, 9.17) is 5.73 Å². The molecule has 0 aromatic heterocycles. The van der Waals surface area contributed by atoms with E-state index in [9.17, 15) is 0 Å². The second-order valence-corrected chi connectivity index (χ2v) is 7.31. The van der Waals surface area contributed by atoms with Crippen molar-refractivity contribution in [3.8, 4) is 0 Å². The molecule has 0 atom stereocenters. The summed E-state index contributed by atoms with van der Waals surface area (Å²) in [5.41, 5.74) is 8.80. The van der Waals surface area contributed by atoms with E-state index >= 15 is 0 Å². The molecular weight excluding hydrogens is 393 g/mol. The lowest BCUT2D eigenvalue weighted by Crippen LogP contribution is -2.30. The van der Waals surface area contributed by atoms with Crippen LogP contribution in [0.3, 0.4) is 0 Å². The fraction of sp³-hybridized carbons (Fsp3) is 0.714. The molecule has 0 unspecified atom stereocenters. The molecule has 1 nitrogen and oxygen atoms in total. The predicted octanol–water partition coefficient (Wildman–Crippen LogP) is 6.96. The van der Waals surface area contributed by atoms with Crippen LogP contribution in [0.4, 0.5) is 0 Å². The highest BCUT2D eigenvalue weighted by Gasteiger charge is 2.17. The standard InChI is InChI=1S/C21H37N.HI/c1-4-5-6-7-8-9-10-11-12-13-16-19-17-14-15-18-20(19)21(2,3)22;/h14-15,17-18H,4-13,16,22H2,1-3H3;1H. The van der Waals surface area contributed by atoms with Crippen molar-refractivity contribution in [2.45, 2.75) is 96.9 Å². The van der Waals surface area contributed by atoms with Crippen molar-refractivity contribution in [3.05, 3.63) is 35.4 Å². The molecule has 1 rings (SSSR count). The van der Waals surface area contributed by atoms with Gasteiger partial charge in [0.25, 0.3) is 0 Å². The first-order valence-electron chi connectivity index (χ1n) is 9.43. The molecule has 2 N–H and O–H groups in total. The van der Waals surface area contributed by atoms with Crippen LogP contribution < -0.4 is 5.73 Å². The Morgan fingerprint density at radius 3 is 1.78 bits per heavy atom. The van der Waals surface area contributed by atoms with E-state index in [0.29, 0.717) is 0 Å². The van der Waals surface area contributed by atoms with Gasteiger partial charge in [-0.1, -0.05) is 89.0 Å². The van der Waals surface area contributed by atoms with Crippen LogP contribution in [0.1, 0.15) is 96.1 Å². The van der Waals surface area contributed by atoms with Gasteiger partial charge in [0.1, 0.15) is 0 Å². The Morgan fingerprint density at radius 1 is 0.783 bits per heavy atom. The maximum Gasteiger partial charge on any atom is 0.0355 e. The van der Waals surface area contributed by atoms with Crippen LogP contribution in [0.5, 0.6) is 0 Å². The van der Waals surface area contributed by atoms with Crippen LogP contribution in [-0.2, 0) is 12.0 Å². The van der Waals surface area contributed by atoms with Crippen molar-refractivity contribution in [1.82, 2.24) is 0 Å². The van der Waals surface area contributed by atoms with Gasteiger partial charge in [0.2, 0.25) is 0 Å². The quantitative estimate of drug-likeness (QED) is 0.281. The summed E-state index contributed by atoms with van der Waals surface area (Å²) in [6.07, 6.45) is 15.1. The van der Waals surface area contributed by atoms with Gasteiger partial charge in [-0.25, -0.2) is 0 Å². The Kier molecular flexibility index (Phi) is 13.2. The summed E-state index contributed by atoms with van der Waals surface area (Å²) in [7, 11) is 0. The maximum absolute atomic E-state index is 6.28. The van der Waals surface area contributed by atoms with E-state index in [1.54, 1.807) is 0 Å². The molecule has 0 saturated heterocycles. The molecule has 134 valence electrons. The first-order chi connectivity index (χ1) is 10.6. The molecule has 0 spiro atoms. The lowest BCUT2D eigenvalue weighted by atomic mass is 9.89. The summed E-state index contributed by atoms with van der Waals surface area (Å²) in [5, 5.41) is 0. The first kappa shape index (κ1) is 22.9. The molecule has 0 heterocycles. The molecule has 0 bridgehead atoms. The summed E-state index contributed by atoms with van der Waals surface area (Å²) < 4.78 is 0. The van der Waals surface area contributed by atoms with E-state index in [2.05, 4.69) is 45.0 Å². The lowest BCUT2D eigenvalue weighted by Gasteiger charge is -2.23. The smallest absolute Gasteiger partial charge is 0.0355 e. The van der Waals surface area contributed by atoms with E-state index in [-0.39, 0.29) is 29.5 Å². The highest BCUT2D eigenvalue weighted by molar-refractivity contribution is 14.0. The van der Waals surface area contributed by atoms with Crippen molar-refractivity contribution in [2.24, 2.45) is 5.73 Å². The third-order valence-corrected chi connectivity index (χ3v) is 4.51. The number of aryl methyl sites for hydroxylation is 1. The summed E-state index contributed by atoms with van der Waals surface area (Å²) in [6.45, 7) is 6.48. The molecule has 0 amide bonds. The number of halogens is 1. The molecular formula is C21H38IN. The van der Waals surface area contributed by atoms with Crippen LogP contribution in [0.15, 0.2) is 24.3 Å². The van der Waals surface area contributed by atoms with Crippen LogP contribution in [0.25, 0.3) is 0 Å². The van der Waals surface area contributed by atoms with Gasteiger partial charge in [-0.05, 0) is 37.8 Å². The van der Waals surface area contributed by atoms with Crippen LogP contribution >= 0.6 is 24.0 Å². The monoisotopic (exact) mass is 431 g/mol. The van der Waals surface area contributed by atoms with Crippen molar-refractivity contribution in [3.63, 3.8) is 0 Å². The number of hydrogen-bond donors (Lipinski definition) is 1. The second-order valence-electron chi connectivity index (χ2n) is 7.31. The average Bonchev–Trinajstić information content (AvgIpc) is 2.48. The largest absolute Gasteiger partial charge is 0.322 e. The van der Waals surface area contributed by atoms with Crippen molar-refractivity contribution in [2.75, 3.05) is 0 Å². The van der Waals surface area contributed by atoms with Gasteiger partial charge >= 0.3 is 0 Å². The maximum atomic E-state index is 6.28. The zero-order chi connectivity index (χ0) is 16.3. The molecule has 1 aromatic carbocycles. The minimum Gasteiger partial charge on any atom is -0.322 e. The summed E-state index contributed by atoms with van der Waals surface area (Å²) in [5.74, 6) is 0. The first-order valence-corrected chi connectivity index (χ1v) is 9.43. The topological polar surface area (TPSA) is 26.0 Å².